The van der Waals surface area contributed by atoms with E-state index in [0.717, 1.165) is 0 Å². The fraction of sp³-hybridized carbons (Fsp3) is 0.300. The standard InChI is InChI=1S/C10H11N5O3S2/c1-4-14-15-8(18-4)7(17)13-9-5(6(16)11-2)12-10(19-3)20-9/h1-3H3,(H,11,16)(H,13,17). The van der Waals surface area contributed by atoms with Crippen LogP contribution in [0.15, 0.2) is 8.76 Å². The number of hydrogen-bond acceptors (Lipinski definition) is 8. The van der Waals surface area contributed by atoms with Gasteiger partial charge in [0.25, 0.3) is 5.91 Å². The van der Waals surface area contributed by atoms with Gasteiger partial charge >= 0.3 is 11.8 Å². The van der Waals surface area contributed by atoms with Crippen LogP contribution in [0, 0.1) is 6.92 Å². The highest BCUT2D eigenvalue weighted by atomic mass is 32.2. The number of nitrogens with one attached hydrogen (secondary N) is 2. The zero-order chi connectivity index (χ0) is 14.7. The highest BCUT2D eigenvalue weighted by Gasteiger charge is 2.21. The van der Waals surface area contributed by atoms with Crippen LogP contribution in [0.5, 0.6) is 0 Å². The Morgan fingerprint density at radius 3 is 2.60 bits per heavy atom. The molecule has 2 aromatic heterocycles. The van der Waals surface area contributed by atoms with Crippen LogP contribution in [0.4, 0.5) is 5.00 Å². The molecule has 0 aliphatic carbocycles. The van der Waals surface area contributed by atoms with Crippen molar-refractivity contribution in [3.8, 4) is 0 Å². The van der Waals surface area contributed by atoms with Gasteiger partial charge in [-0.1, -0.05) is 23.1 Å². The van der Waals surface area contributed by atoms with E-state index in [1.54, 1.807) is 6.92 Å². The van der Waals surface area contributed by atoms with Crippen LogP contribution >= 0.6 is 23.1 Å². The maximum atomic E-state index is 11.9. The Hall–Kier alpha value is -1.94. The quantitative estimate of drug-likeness (QED) is 0.815. The number of anilines is 1. The lowest BCUT2D eigenvalue weighted by Gasteiger charge is -2.01. The van der Waals surface area contributed by atoms with Gasteiger partial charge in [-0.15, -0.1) is 10.2 Å². The van der Waals surface area contributed by atoms with Crippen molar-refractivity contribution in [2.45, 2.75) is 11.3 Å². The summed E-state index contributed by atoms with van der Waals surface area (Å²) in [6.07, 6.45) is 1.83. The molecule has 2 N–H and O–H groups in total. The molecular weight excluding hydrogens is 302 g/mol. The monoisotopic (exact) mass is 313 g/mol. The highest BCUT2D eigenvalue weighted by Crippen LogP contribution is 2.30. The van der Waals surface area contributed by atoms with E-state index in [1.165, 1.54) is 30.1 Å². The molecule has 0 bridgehead atoms. The van der Waals surface area contributed by atoms with E-state index in [2.05, 4.69) is 25.8 Å². The molecule has 0 aliphatic heterocycles. The Bertz CT molecular complexity index is 651. The predicted octanol–water partition coefficient (Wildman–Crippen LogP) is 1.17. The average Bonchev–Trinajstić information content (AvgIpc) is 3.04. The fourth-order valence-corrected chi connectivity index (χ4v) is 2.75. The molecule has 2 aromatic rings. The van der Waals surface area contributed by atoms with E-state index < -0.39 is 5.91 Å². The second-order valence-corrected chi connectivity index (χ2v) is 5.57. The molecule has 0 fully saturated rings. The third kappa shape index (κ3) is 2.96. The SMILES string of the molecule is CNC(=O)c1nc(SC)sc1NC(=O)c1nnc(C)o1. The molecule has 0 atom stereocenters. The summed E-state index contributed by atoms with van der Waals surface area (Å²) in [7, 11) is 1.49. The van der Waals surface area contributed by atoms with E-state index in [9.17, 15) is 9.59 Å². The van der Waals surface area contributed by atoms with Gasteiger partial charge in [0.1, 0.15) is 5.00 Å². The molecule has 0 aliphatic rings. The van der Waals surface area contributed by atoms with Crippen LogP contribution in [-0.2, 0) is 0 Å². The number of nitrogens with zero attached hydrogens (tertiary/aromatic N) is 3. The number of aromatic nitrogens is 3. The average molecular weight is 313 g/mol. The maximum absolute atomic E-state index is 11.9. The summed E-state index contributed by atoms with van der Waals surface area (Å²) < 4.78 is 5.69. The Morgan fingerprint density at radius 1 is 1.30 bits per heavy atom. The molecule has 0 saturated carbocycles. The second kappa shape index (κ2) is 6.01. The summed E-state index contributed by atoms with van der Waals surface area (Å²) in [5.41, 5.74) is 0.159. The van der Waals surface area contributed by atoms with Crippen molar-refractivity contribution < 1.29 is 14.0 Å². The molecule has 2 rings (SSSR count). The zero-order valence-corrected chi connectivity index (χ0v) is 12.5. The number of hydrogen-bond donors (Lipinski definition) is 2. The van der Waals surface area contributed by atoms with Gasteiger partial charge in [0.05, 0.1) is 0 Å². The Kier molecular flexibility index (Phi) is 4.35. The van der Waals surface area contributed by atoms with Crippen molar-refractivity contribution in [2.24, 2.45) is 0 Å². The van der Waals surface area contributed by atoms with Crippen molar-refractivity contribution in [1.82, 2.24) is 20.5 Å². The summed E-state index contributed by atoms with van der Waals surface area (Å²) in [5, 5.41) is 12.6. The summed E-state index contributed by atoms with van der Waals surface area (Å²) in [6.45, 7) is 1.58. The number of rotatable bonds is 4. The Balaban J connectivity index is 2.26. The van der Waals surface area contributed by atoms with Crippen molar-refractivity contribution in [3.05, 3.63) is 17.5 Å². The smallest absolute Gasteiger partial charge is 0.313 e. The van der Waals surface area contributed by atoms with E-state index in [4.69, 9.17) is 4.42 Å². The number of carbonyl (C=O) groups excluding carboxylic acids is 2. The largest absolute Gasteiger partial charge is 0.417 e. The lowest BCUT2D eigenvalue weighted by atomic mass is 10.4. The number of thioether (sulfide) groups is 1. The van der Waals surface area contributed by atoms with Gasteiger partial charge in [-0.3, -0.25) is 9.59 Å². The molecule has 20 heavy (non-hydrogen) atoms. The van der Waals surface area contributed by atoms with Gasteiger partial charge in [0, 0.05) is 14.0 Å². The predicted molar refractivity (Wildman–Crippen MR) is 74.3 cm³/mol. The highest BCUT2D eigenvalue weighted by molar-refractivity contribution is 8.00. The molecule has 2 amide bonds. The molecule has 8 nitrogen and oxygen atoms in total. The normalized spacial score (nSPS) is 10.3. The lowest BCUT2D eigenvalue weighted by Crippen LogP contribution is -2.21. The Morgan fingerprint density at radius 2 is 2.05 bits per heavy atom. The first-order chi connectivity index (χ1) is 9.55. The minimum atomic E-state index is -0.577. The van der Waals surface area contributed by atoms with Crippen molar-refractivity contribution in [2.75, 3.05) is 18.6 Å². The molecule has 0 saturated heterocycles. The minimum Gasteiger partial charge on any atom is -0.417 e. The minimum absolute atomic E-state index is 0.159. The molecule has 106 valence electrons. The molecule has 0 spiro atoms. The molecule has 0 aromatic carbocycles. The summed E-state index contributed by atoms with van der Waals surface area (Å²) >= 11 is 2.59. The third-order valence-corrected chi connectivity index (χ3v) is 4.13. The first kappa shape index (κ1) is 14.5. The third-order valence-electron chi connectivity index (χ3n) is 2.17. The van der Waals surface area contributed by atoms with Gasteiger partial charge < -0.3 is 15.1 Å². The number of carbonyl (C=O) groups is 2. The fourth-order valence-electron chi connectivity index (χ4n) is 1.29. The van der Waals surface area contributed by atoms with E-state index >= 15 is 0 Å². The first-order valence-electron chi connectivity index (χ1n) is 5.43. The summed E-state index contributed by atoms with van der Waals surface area (Å²) in [5.74, 6) is -0.828. The summed E-state index contributed by atoms with van der Waals surface area (Å²) in [6, 6.07) is 0. The molecule has 2 heterocycles. The van der Waals surface area contributed by atoms with Gasteiger partial charge in [-0.05, 0) is 6.26 Å². The molecule has 10 heteroatoms. The van der Waals surface area contributed by atoms with E-state index in [-0.39, 0.29) is 23.4 Å². The van der Waals surface area contributed by atoms with Gasteiger partial charge in [-0.25, -0.2) is 4.98 Å². The van der Waals surface area contributed by atoms with Crippen LogP contribution in [0.3, 0.4) is 0 Å². The maximum Gasteiger partial charge on any atom is 0.313 e. The molecular formula is C10H11N5O3S2. The second-order valence-electron chi connectivity index (χ2n) is 3.52. The van der Waals surface area contributed by atoms with E-state index in [0.29, 0.717) is 9.34 Å². The van der Waals surface area contributed by atoms with Crippen LogP contribution in [0.25, 0.3) is 0 Å². The van der Waals surface area contributed by atoms with E-state index in [1.807, 2.05) is 6.26 Å². The number of aryl methyl sites for hydroxylation is 1. The summed E-state index contributed by atoms with van der Waals surface area (Å²) in [4.78, 5) is 27.8. The Labute approximate surface area is 122 Å². The van der Waals surface area contributed by atoms with Crippen molar-refractivity contribution >= 4 is 39.9 Å². The molecule has 0 unspecified atom stereocenters. The first-order valence-corrected chi connectivity index (χ1v) is 7.47. The van der Waals surface area contributed by atoms with Gasteiger partial charge in [-0.2, -0.15) is 0 Å². The van der Waals surface area contributed by atoms with Crippen LogP contribution in [0.1, 0.15) is 27.1 Å². The van der Waals surface area contributed by atoms with Gasteiger partial charge in [0.2, 0.25) is 5.89 Å². The van der Waals surface area contributed by atoms with Gasteiger partial charge in [0.15, 0.2) is 10.0 Å². The van der Waals surface area contributed by atoms with Crippen LogP contribution in [-0.4, -0.2) is 40.3 Å². The van der Waals surface area contributed by atoms with Crippen molar-refractivity contribution in [3.63, 3.8) is 0 Å². The lowest BCUT2D eigenvalue weighted by molar-refractivity contribution is 0.0959. The number of amides is 2. The number of thiazole rings is 1. The zero-order valence-electron chi connectivity index (χ0n) is 10.9. The van der Waals surface area contributed by atoms with Crippen LogP contribution < -0.4 is 10.6 Å². The molecule has 0 radical (unpaired) electrons. The topological polar surface area (TPSA) is 110 Å². The van der Waals surface area contributed by atoms with Crippen LogP contribution in [0.2, 0.25) is 0 Å². The van der Waals surface area contributed by atoms with Crippen molar-refractivity contribution in [1.29, 1.82) is 0 Å².